The van der Waals surface area contributed by atoms with Crippen molar-refractivity contribution in [2.75, 3.05) is 13.2 Å². The van der Waals surface area contributed by atoms with Crippen LogP contribution in [0.4, 0.5) is 0 Å². The van der Waals surface area contributed by atoms with Gasteiger partial charge in [0.2, 0.25) is 0 Å². The van der Waals surface area contributed by atoms with Crippen molar-refractivity contribution in [2.24, 2.45) is 0 Å². The average Bonchev–Trinajstić information content (AvgIpc) is 2.94. The lowest BCUT2D eigenvalue weighted by Crippen LogP contribution is -2.45. The predicted molar refractivity (Wildman–Crippen MR) is 87.6 cm³/mol. The summed E-state index contributed by atoms with van der Waals surface area (Å²) in [5.41, 5.74) is 0.714. The molecule has 1 N–H and O–H groups in total. The van der Waals surface area contributed by atoms with E-state index in [4.69, 9.17) is 9.15 Å². The third-order valence-corrected chi connectivity index (χ3v) is 4.29. The highest BCUT2D eigenvalue weighted by Crippen LogP contribution is 2.37. The minimum Gasteiger partial charge on any atom is -0.459 e. The van der Waals surface area contributed by atoms with Crippen molar-refractivity contribution in [3.63, 3.8) is 0 Å². The monoisotopic (exact) mass is 289 g/mol. The highest BCUT2D eigenvalue weighted by atomic mass is 16.5. The van der Waals surface area contributed by atoms with Crippen LogP contribution in [0.25, 0.3) is 11.0 Å². The Labute approximate surface area is 127 Å². The molecule has 1 heterocycles. The maximum Gasteiger partial charge on any atom is 0.134 e. The standard InChI is InChI=1S/C18H27NO2/c1-5-18(6-2,20-8-4)17(19-7-3)16-13-14-11-9-10-12-15(14)21-16/h9-13,17,19H,5-8H2,1-4H3. The van der Waals surface area contributed by atoms with Gasteiger partial charge in [0.25, 0.3) is 0 Å². The molecular formula is C18H27NO2. The quantitative estimate of drug-likeness (QED) is 0.766. The molecule has 0 saturated carbocycles. The number of fused-ring (bicyclic) bond motifs is 1. The Balaban J connectivity index is 2.45. The largest absolute Gasteiger partial charge is 0.459 e. The first kappa shape index (κ1) is 16.1. The third-order valence-electron chi connectivity index (χ3n) is 4.29. The van der Waals surface area contributed by atoms with Crippen molar-refractivity contribution in [1.82, 2.24) is 5.32 Å². The normalized spacial score (nSPS) is 13.7. The lowest BCUT2D eigenvalue weighted by Gasteiger charge is -2.38. The van der Waals surface area contributed by atoms with Gasteiger partial charge in [0.1, 0.15) is 11.3 Å². The molecule has 0 spiro atoms. The van der Waals surface area contributed by atoms with Gasteiger partial charge in [-0.3, -0.25) is 0 Å². The maximum absolute atomic E-state index is 6.17. The molecule has 1 aromatic carbocycles. The van der Waals surface area contributed by atoms with Gasteiger partial charge >= 0.3 is 0 Å². The van der Waals surface area contributed by atoms with E-state index in [1.165, 1.54) is 0 Å². The summed E-state index contributed by atoms with van der Waals surface area (Å²) in [5.74, 6) is 0.968. The molecule has 0 bridgehead atoms. The summed E-state index contributed by atoms with van der Waals surface area (Å²) >= 11 is 0. The fraction of sp³-hybridized carbons (Fsp3) is 0.556. The van der Waals surface area contributed by atoms with Crippen LogP contribution < -0.4 is 5.32 Å². The number of furan rings is 1. The topological polar surface area (TPSA) is 34.4 Å². The van der Waals surface area contributed by atoms with E-state index in [1.807, 2.05) is 18.2 Å². The van der Waals surface area contributed by atoms with Gasteiger partial charge in [0.15, 0.2) is 0 Å². The van der Waals surface area contributed by atoms with Gasteiger partial charge in [-0.25, -0.2) is 0 Å². The fourth-order valence-corrected chi connectivity index (χ4v) is 3.13. The minimum atomic E-state index is -0.224. The van der Waals surface area contributed by atoms with Crippen molar-refractivity contribution >= 4 is 11.0 Å². The van der Waals surface area contributed by atoms with E-state index < -0.39 is 0 Å². The number of para-hydroxylation sites is 1. The van der Waals surface area contributed by atoms with Crippen LogP contribution in [0.5, 0.6) is 0 Å². The maximum atomic E-state index is 6.17. The number of ether oxygens (including phenoxy) is 1. The van der Waals surface area contributed by atoms with E-state index in [1.54, 1.807) is 0 Å². The minimum absolute atomic E-state index is 0.0739. The molecule has 0 fully saturated rings. The summed E-state index contributed by atoms with van der Waals surface area (Å²) in [7, 11) is 0. The Morgan fingerprint density at radius 2 is 1.86 bits per heavy atom. The van der Waals surface area contributed by atoms with E-state index >= 15 is 0 Å². The van der Waals surface area contributed by atoms with Crippen molar-refractivity contribution in [1.29, 1.82) is 0 Å². The number of likely N-dealkylation sites (N-methyl/N-ethyl adjacent to an activating group) is 1. The Kier molecular flexibility index (Phi) is 5.43. The van der Waals surface area contributed by atoms with E-state index in [9.17, 15) is 0 Å². The number of benzene rings is 1. The third kappa shape index (κ3) is 3.14. The highest BCUT2D eigenvalue weighted by molar-refractivity contribution is 5.77. The lowest BCUT2D eigenvalue weighted by atomic mass is 9.86. The number of hydrogen-bond donors (Lipinski definition) is 1. The van der Waals surface area contributed by atoms with Crippen LogP contribution in [0.1, 0.15) is 52.3 Å². The van der Waals surface area contributed by atoms with Crippen LogP contribution in [0, 0.1) is 0 Å². The summed E-state index contributed by atoms with van der Waals surface area (Å²) in [6.45, 7) is 10.2. The zero-order chi connectivity index (χ0) is 15.3. The molecule has 1 aromatic heterocycles. The molecule has 21 heavy (non-hydrogen) atoms. The smallest absolute Gasteiger partial charge is 0.134 e. The fourth-order valence-electron chi connectivity index (χ4n) is 3.13. The van der Waals surface area contributed by atoms with Crippen molar-refractivity contribution in [3.05, 3.63) is 36.1 Å². The Morgan fingerprint density at radius 3 is 2.43 bits per heavy atom. The first-order valence-electron chi connectivity index (χ1n) is 8.06. The Bertz CT molecular complexity index is 524. The van der Waals surface area contributed by atoms with Crippen LogP contribution in [0.2, 0.25) is 0 Å². The molecule has 116 valence electrons. The molecule has 1 unspecified atom stereocenters. The van der Waals surface area contributed by atoms with Gasteiger partial charge in [0.05, 0.1) is 11.6 Å². The Hall–Kier alpha value is -1.32. The van der Waals surface area contributed by atoms with Crippen LogP contribution >= 0.6 is 0 Å². The molecule has 0 aliphatic rings. The summed E-state index contributed by atoms with van der Waals surface area (Å²) in [5, 5.41) is 4.71. The van der Waals surface area contributed by atoms with E-state index in [0.717, 1.165) is 36.1 Å². The second-order valence-corrected chi connectivity index (χ2v) is 5.38. The predicted octanol–water partition coefficient (Wildman–Crippen LogP) is 4.68. The molecule has 3 nitrogen and oxygen atoms in total. The molecule has 0 amide bonds. The summed E-state index contributed by atoms with van der Waals surface area (Å²) in [6, 6.07) is 10.4. The van der Waals surface area contributed by atoms with Gasteiger partial charge in [-0.2, -0.15) is 0 Å². The Morgan fingerprint density at radius 1 is 1.14 bits per heavy atom. The van der Waals surface area contributed by atoms with Crippen LogP contribution in [0.15, 0.2) is 34.7 Å². The van der Waals surface area contributed by atoms with Gasteiger partial charge < -0.3 is 14.5 Å². The van der Waals surface area contributed by atoms with Crippen molar-refractivity contribution in [2.45, 2.75) is 52.2 Å². The molecule has 2 aromatic rings. The van der Waals surface area contributed by atoms with E-state index in [-0.39, 0.29) is 11.6 Å². The highest BCUT2D eigenvalue weighted by Gasteiger charge is 2.39. The molecular weight excluding hydrogens is 262 g/mol. The van der Waals surface area contributed by atoms with Crippen molar-refractivity contribution in [3.8, 4) is 0 Å². The number of rotatable bonds is 8. The number of hydrogen-bond acceptors (Lipinski definition) is 3. The SMILES string of the molecule is CCNC(c1cc2ccccc2o1)C(CC)(CC)OCC. The van der Waals surface area contributed by atoms with Gasteiger partial charge in [-0.1, -0.05) is 39.0 Å². The lowest BCUT2D eigenvalue weighted by molar-refractivity contribution is -0.0770. The molecule has 0 saturated heterocycles. The zero-order valence-electron chi connectivity index (χ0n) is 13.6. The van der Waals surface area contributed by atoms with E-state index in [0.29, 0.717) is 6.61 Å². The second-order valence-electron chi connectivity index (χ2n) is 5.38. The summed E-state index contributed by atoms with van der Waals surface area (Å²) in [4.78, 5) is 0. The summed E-state index contributed by atoms with van der Waals surface area (Å²) < 4.78 is 12.3. The van der Waals surface area contributed by atoms with Gasteiger partial charge in [0, 0.05) is 12.0 Å². The summed E-state index contributed by atoms with van der Waals surface area (Å²) in [6.07, 6.45) is 1.90. The van der Waals surface area contributed by atoms with Crippen LogP contribution in [-0.2, 0) is 4.74 Å². The van der Waals surface area contributed by atoms with Crippen LogP contribution in [0.3, 0.4) is 0 Å². The zero-order valence-corrected chi connectivity index (χ0v) is 13.6. The first-order chi connectivity index (χ1) is 10.2. The second kappa shape index (κ2) is 7.10. The van der Waals surface area contributed by atoms with E-state index in [2.05, 4.69) is 45.1 Å². The van der Waals surface area contributed by atoms with Gasteiger partial charge in [-0.15, -0.1) is 0 Å². The molecule has 1 atom stereocenters. The molecule has 0 aliphatic carbocycles. The average molecular weight is 289 g/mol. The molecule has 0 radical (unpaired) electrons. The van der Waals surface area contributed by atoms with Crippen LogP contribution in [-0.4, -0.2) is 18.8 Å². The molecule has 3 heteroatoms. The molecule has 2 rings (SSSR count). The number of nitrogens with one attached hydrogen (secondary N) is 1. The first-order valence-corrected chi connectivity index (χ1v) is 8.06. The van der Waals surface area contributed by atoms with Crippen molar-refractivity contribution < 1.29 is 9.15 Å². The molecule has 0 aliphatic heterocycles. The van der Waals surface area contributed by atoms with Gasteiger partial charge in [-0.05, 0) is 38.4 Å².